The molecule has 0 aromatic heterocycles. The maximum absolute atomic E-state index is 11.6. The van der Waals surface area contributed by atoms with Crippen molar-refractivity contribution in [2.24, 2.45) is 5.92 Å². The van der Waals surface area contributed by atoms with E-state index in [0.29, 0.717) is 5.92 Å². The zero-order valence-corrected chi connectivity index (χ0v) is 9.31. The molecule has 0 bridgehead atoms. The van der Waals surface area contributed by atoms with Crippen LogP contribution in [0.4, 0.5) is 0 Å². The average Bonchev–Trinajstić information content (AvgIpc) is 2.60. The molecule has 2 N–H and O–H groups in total. The van der Waals surface area contributed by atoms with Crippen LogP contribution in [0.15, 0.2) is 0 Å². The van der Waals surface area contributed by atoms with Gasteiger partial charge in [-0.2, -0.15) is 0 Å². The van der Waals surface area contributed by atoms with E-state index in [0.717, 1.165) is 25.8 Å². The number of rotatable bonds is 4. The highest BCUT2D eigenvalue weighted by molar-refractivity contribution is 7.89. The molecule has 2 aliphatic rings. The van der Waals surface area contributed by atoms with Crippen molar-refractivity contribution in [3.05, 3.63) is 0 Å². The molecule has 1 aliphatic carbocycles. The summed E-state index contributed by atoms with van der Waals surface area (Å²) in [6.45, 7) is 3.03. The standard InChI is InChI=1S/C9H18N2O2S/c1-7-5-9(7)11-14(12,13)6-8-3-2-4-10-8/h7-11H,2-6H2,1H3. The van der Waals surface area contributed by atoms with Crippen molar-refractivity contribution in [3.8, 4) is 0 Å². The van der Waals surface area contributed by atoms with Gasteiger partial charge in [0.15, 0.2) is 0 Å². The SMILES string of the molecule is CC1CC1NS(=O)(=O)CC1CCCN1. The highest BCUT2D eigenvalue weighted by Crippen LogP contribution is 2.29. The monoisotopic (exact) mass is 218 g/mol. The van der Waals surface area contributed by atoms with Gasteiger partial charge in [0.25, 0.3) is 0 Å². The Hall–Kier alpha value is -0.130. The smallest absolute Gasteiger partial charge is 0.213 e. The molecule has 0 spiro atoms. The molecule has 1 aliphatic heterocycles. The minimum Gasteiger partial charge on any atom is -0.313 e. The van der Waals surface area contributed by atoms with E-state index in [1.54, 1.807) is 0 Å². The summed E-state index contributed by atoms with van der Waals surface area (Å²) in [5.74, 6) is 0.775. The largest absolute Gasteiger partial charge is 0.313 e. The summed E-state index contributed by atoms with van der Waals surface area (Å²) < 4.78 is 26.0. The maximum atomic E-state index is 11.6. The van der Waals surface area contributed by atoms with Crippen molar-refractivity contribution in [1.29, 1.82) is 0 Å². The van der Waals surface area contributed by atoms with Gasteiger partial charge < -0.3 is 5.32 Å². The van der Waals surface area contributed by atoms with Crippen LogP contribution in [0.2, 0.25) is 0 Å². The van der Waals surface area contributed by atoms with Crippen LogP contribution < -0.4 is 10.0 Å². The lowest BCUT2D eigenvalue weighted by atomic mass is 10.3. The maximum Gasteiger partial charge on any atom is 0.213 e. The first-order valence-electron chi connectivity index (χ1n) is 5.30. The minimum absolute atomic E-state index is 0.168. The zero-order valence-electron chi connectivity index (χ0n) is 8.49. The molecule has 3 unspecified atom stereocenters. The molecule has 1 saturated heterocycles. The lowest BCUT2D eigenvalue weighted by Gasteiger charge is -2.11. The average molecular weight is 218 g/mol. The second-order valence-corrected chi connectivity index (χ2v) is 6.31. The third-order valence-corrected chi connectivity index (χ3v) is 4.53. The fourth-order valence-electron chi connectivity index (χ4n) is 1.93. The number of sulfonamides is 1. The van der Waals surface area contributed by atoms with Gasteiger partial charge in [0.05, 0.1) is 5.75 Å². The van der Waals surface area contributed by atoms with Gasteiger partial charge in [-0.05, 0) is 31.7 Å². The van der Waals surface area contributed by atoms with E-state index in [9.17, 15) is 8.42 Å². The molecule has 1 heterocycles. The van der Waals surface area contributed by atoms with E-state index in [2.05, 4.69) is 17.0 Å². The van der Waals surface area contributed by atoms with Gasteiger partial charge in [0.1, 0.15) is 0 Å². The molecule has 2 fully saturated rings. The third-order valence-electron chi connectivity index (χ3n) is 3.02. The fraction of sp³-hybridized carbons (Fsp3) is 1.00. The first kappa shape index (κ1) is 10.4. The molecule has 0 aromatic rings. The summed E-state index contributed by atoms with van der Waals surface area (Å²) in [5.41, 5.74) is 0. The van der Waals surface area contributed by atoms with Crippen LogP contribution in [0.5, 0.6) is 0 Å². The molecule has 3 atom stereocenters. The van der Waals surface area contributed by atoms with Gasteiger partial charge in [-0.3, -0.25) is 0 Å². The third kappa shape index (κ3) is 2.68. The Labute approximate surface area is 85.5 Å². The Morgan fingerprint density at radius 1 is 1.50 bits per heavy atom. The Kier molecular flexibility index (Phi) is 2.81. The number of nitrogens with one attached hydrogen (secondary N) is 2. The van der Waals surface area contributed by atoms with Crippen molar-refractivity contribution in [2.45, 2.75) is 38.3 Å². The van der Waals surface area contributed by atoms with Crippen molar-refractivity contribution in [3.63, 3.8) is 0 Å². The Morgan fingerprint density at radius 3 is 2.71 bits per heavy atom. The number of hydrogen-bond acceptors (Lipinski definition) is 3. The second-order valence-electron chi connectivity index (χ2n) is 4.51. The van der Waals surface area contributed by atoms with Crippen molar-refractivity contribution in [1.82, 2.24) is 10.0 Å². The van der Waals surface area contributed by atoms with Crippen LogP contribution in [0.3, 0.4) is 0 Å². The predicted molar refractivity (Wildman–Crippen MR) is 55.5 cm³/mol. The van der Waals surface area contributed by atoms with E-state index in [1.165, 1.54) is 0 Å². The van der Waals surface area contributed by atoms with Gasteiger partial charge in [0.2, 0.25) is 10.0 Å². The lowest BCUT2D eigenvalue weighted by molar-refractivity contribution is 0.561. The van der Waals surface area contributed by atoms with E-state index in [4.69, 9.17) is 0 Å². The Morgan fingerprint density at radius 2 is 2.21 bits per heavy atom. The van der Waals surface area contributed by atoms with Crippen LogP contribution in [-0.2, 0) is 10.0 Å². The van der Waals surface area contributed by atoms with Crippen molar-refractivity contribution < 1.29 is 8.42 Å². The van der Waals surface area contributed by atoms with Gasteiger partial charge in [-0.15, -0.1) is 0 Å². The van der Waals surface area contributed by atoms with E-state index in [1.807, 2.05) is 0 Å². The molecular weight excluding hydrogens is 200 g/mol. The Balaban J connectivity index is 1.82. The van der Waals surface area contributed by atoms with Crippen molar-refractivity contribution in [2.75, 3.05) is 12.3 Å². The topological polar surface area (TPSA) is 58.2 Å². The van der Waals surface area contributed by atoms with E-state index in [-0.39, 0.29) is 17.8 Å². The van der Waals surface area contributed by atoms with Gasteiger partial charge in [-0.1, -0.05) is 6.92 Å². The fourth-order valence-corrected chi connectivity index (χ4v) is 3.63. The van der Waals surface area contributed by atoms with Crippen LogP contribution in [0, 0.1) is 5.92 Å². The zero-order chi connectivity index (χ0) is 10.2. The molecular formula is C9H18N2O2S. The van der Waals surface area contributed by atoms with Crippen LogP contribution in [0.25, 0.3) is 0 Å². The molecule has 1 saturated carbocycles. The van der Waals surface area contributed by atoms with Crippen LogP contribution in [-0.4, -0.2) is 32.8 Å². The molecule has 0 radical (unpaired) electrons. The molecule has 14 heavy (non-hydrogen) atoms. The molecule has 5 heteroatoms. The predicted octanol–water partition coefficient (Wildman–Crippen LogP) is 0.0662. The molecule has 0 amide bonds. The second kappa shape index (κ2) is 3.79. The molecule has 2 rings (SSSR count). The van der Waals surface area contributed by atoms with Crippen molar-refractivity contribution >= 4 is 10.0 Å². The highest BCUT2D eigenvalue weighted by atomic mass is 32.2. The molecule has 82 valence electrons. The van der Waals surface area contributed by atoms with Crippen LogP contribution >= 0.6 is 0 Å². The van der Waals surface area contributed by atoms with Crippen LogP contribution in [0.1, 0.15) is 26.2 Å². The van der Waals surface area contributed by atoms with E-state index < -0.39 is 10.0 Å². The summed E-state index contributed by atoms with van der Waals surface area (Å²) in [7, 11) is -3.05. The number of hydrogen-bond donors (Lipinski definition) is 2. The summed E-state index contributed by atoms with van der Waals surface area (Å²) in [6, 6.07) is 0.378. The summed E-state index contributed by atoms with van der Waals surface area (Å²) in [4.78, 5) is 0. The lowest BCUT2D eigenvalue weighted by Crippen LogP contribution is -2.37. The van der Waals surface area contributed by atoms with Gasteiger partial charge in [-0.25, -0.2) is 13.1 Å². The first-order chi connectivity index (χ1) is 6.57. The summed E-state index contributed by atoms with van der Waals surface area (Å²) in [5, 5.41) is 3.20. The highest BCUT2D eigenvalue weighted by Gasteiger charge is 2.36. The molecule has 0 aromatic carbocycles. The molecule has 4 nitrogen and oxygen atoms in total. The van der Waals surface area contributed by atoms with Gasteiger partial charge >= 0.3 is 0 Å². The normalized spacial score (nSPS) is 37.4. The summed E-state index contributed by atoms with van der Waals surface area (Å²) in [6.07, 6.45) is 3.08. The summed E-state index contributed by atoms with van der Waals surface area (Å²) >= 11 is 0. The first-order valence-corrected chi connectivity index (χ1v) is 6.95. The Bertz CT molecular complexity index is 296. The van der Waals surface area contributed by atoms with E-state index >= 15 is 0 Å². The van der Waals surface area contributed by atoms with Gasteiger partial charge in [0, 0.05) is 12.1 Å². The minimum atomic E-state index is -3.05. The quantitative estimate of drug-likeness (QED) is 0.702.